The second kappa shape index (κ2) is 7.53. The number of anilines is 1. The van der Waals surface area contributed by atoms with Crippen molar-refractivity contribution in [1.82, 2.24) is 19.7 Å². The van der Waals surface area contributed by atoms with Crippen molar-refractivity contribution in [2.75, 3.05) is 11.6 Å². The molecule has 9 heteroatoms. The van der Waals surface area contributed by atoms with Crippen molar-refractivity contribution in [3.8, 4) is 0 Å². The van der Waals surface area contributed by atoms with Crippen LogP contribution in [0.3, 0.4) is 0 Å². The summed E-state index contributed by atoms with van der Waals surface area (Å²) in [6.45, 7) is 1.82. The minimum Gasteiger partial charge on any atom is -0.308 e. The Labute approximate surface area is 153 Å². The number of hydrogen-bond donors (Lipinski definition) is 1. The number of carbonyl (C=O) groups excluding carboxylic acids is 1. The number of rotatable bonds is 6. The fourth-order valence-corrected chi connectivity index (χ4v) is 3.78. The van der Waals surface area contributed by atoms with Crippen molar-refractivity contribution in [3.63, 3.8) is 0 Å². The molecule has 0 radical (unpaired) electrons. The van der Waals surface area contributed by atoms with Crippen LogP contribution in [0.1, 0.15) is 43.8 Å². The quantitative estimate of drug-likeness (QED) is 0.826. The molecule has 8 nitrogen and oxygen atoms in total. The van der Waals surface area contributed by atoms with Crippen molar-refractivity contribution in [2.24, 2.45) is 5.92 Å². The Hall–Kier alpha value is -2.29. The van der Waals surface area contributed by atoms with Crippen LogP contribution in [0.5, 0.6) is 0 Å². The van der Waals surface area contributed by atoms with Crippen molar-refractivity contribution < 1.29 is 13.2 Å². The Bertz CT molecular complexity index is 870. The van der Waals surface area contributed by atoms with Gasteiger partial charge in [0.25, 0.3) is 0 Å². The number of nitrogens with one attached hydrogen (secondary N) is 1. The highest BCUT2D eigenvalue weighted by Crippen LogP contribution is 2.32. The van der Waals surface area contributed by atoms with Crippen LogP contribution in [0.15, 0.2) is 29.7 Å². The average molecular weight is 377 g/mol. The first-order valence-electron chi connectivity index (χ1n) is 8.66. The predicted molar refractivity (Wildman–Crippen MR) is 96.3 cm³/mol. The van der Waals surface area contributed by atoms with Gasteiger partial charge in [-0.15, -0.1) is 0 Å². The molecule has 2 heterocycles. The first-order valence-corrected chi connectivity index (χ1v) is 10.6. The van der Waals surface area contributed by atoms with Crippen LogP contribution in [0.2, 0.25) is 0 Å². The molecule has 1 N–H and O–H groups in total. The molecule has 1 amide bonds. The van der Waals surface area contributed by atoms with Gasteiger partial charge in [0.15, 0.2) is 15.7 Å². The van der Waals surface area contributed by atoms with Gasteiger partial charge >= 0.3 is 0 Å². The molecular weight excluding hydrogens is 354 g/mol. The van der Waals surface area contributed by atoms with E-state index in [0.717, 1.165) is 37.6 Å². The van der Waals surface area contributed by atoms with Gasteiger partial charge in [-0.1, -0.05) is 25.7 Å². The Balaban J connectivity index is 1.83. The standard InChI is InChI=1S/C17H23N5O3S/c1-12-8-19-16(10-18-12)21-17(23)15(7-13-5-3-4-6-13)22-11-14(9-20-22)26(2,24)25/h8-11,13,15H,3-7H2,1-2H3,(H,19,21,23). The van der Waals surface area contributed by atoms with E-state index in [0.29, 0.717) is 18.2 Å². The molecule has 3 rings (SSSR count). The summed E-state index contributed by atoms with van der Waals surface area (Å²) in [5.74, 6) is 0.534. The molecule has 26 heavy (non-hydrogen) atoms. The van der Waals surface area contributed by atoms with Crippen LogP contribution < -0.4 is 5.32 Å². The molecule has 1 unspecified atom stereocenters. The second-order valence-corrected chi connectivity index (χ2v) is 8.88. The van der Waals surface area contributed by atoms with E-state index >= 15 is 0 Å². The molecule has 0 aromatic carbocycles. The third-order valence-corrected chi connectivity index (χ3v) is 5.76. The lowest BCUT2D eigenvalue weighted by Crippen LogP contribution is -2.28. The summed E-state index contributed by atoms with van der Waals surface area (Å²) in [6.07, 6.45) is 12.0. The number of aryl methyl sites for hydroxylation is 1. The van der Waals surface area contributed by atoms with Crippen molar-refractivity contribution in [3.05, 3.63) is 30.5 Å². The molecule has 0 spiro atoms. The molecule has 1 saturated carbocycles. The van der Waals surface area contributed by atoms with Crippen molar-refractivity contribution >= 4 is 21.6 Å². The second-order valence-electron chi connectivity index (χ2n) is 6.86. The zero-order chi connectivity index (χ0) is 18.7. The Kier molecular flexibility index (Phi) is 5.36. The number of aromatic nitrogens is 4. The first-order chi connectivity index (χ1) is 12.3. The largest absolute Gasteiger partial charge is 0.308 e. The maximum absolute atomic E-state index is 12.9. The summed E-state index contributed by atoms with van der Waals surface area (Å²) in [7, 11) is -3.37. The van der Waals surface area contributed by atoms with Gasteiger partial charge in [-0.25, -0.2) is 13.4 Å². The fraction of sp³-hybridized carbons (Fsp3) is 0.529. The Morgan fingerprint density at radius 3 is 2.58 bits per heavy atom. The van der Waals surface area contributed by atoms with Gasteiger partial charge < -0.3 is 5.32 Å². The highest BCUT2D eigenvalue weighted by Gasteiger charge is 2.28. The van der Waals surface area contributed by atoms with E-state index in [9.17, 15) is 13.2 Å². The van der Waals surface area contributed by atoms with Gasteiger partial charge in [-0.3, -0.25) is 14.5 Å². The van der Waals surface area contributed by atoms with Crippen LogP contribution in [0.25, 0.3) is 0 Å². The maximum atomic E-state index is 12.9. The normalized spacial score (nSPS) is 16.5. The van der Waals surface area contributed by atoms with Crippen molar-refractivity contribution in [2.45, 2.75) is 50.0 Å². The summed E-state index contributed by atoms with van der Waals surface area (Å²) >= 11 is 0. The van der Waals surface area contributed by atoms with E-state index in [1.54, 1.807) is 6.20 Å². The Morgan fingerprint density at radius 2 is 2.00 bits per heavy atom. The molecule has 0 bridgehead atoms. The number of nitrogens with zero attached hydrogens (tertiary/aromatic N) is 4. The molecule has 1 aliphatic carbocycles. The fourth-order valence-electron chi connectivity index (χ4n) is 3.25. The van der Waals surface area contributed by atoms with E-state index in [-0.39, 0.29) is 10.8 Å². The molecule has 1 fully saturated rings. The minimum atomic E-state index is -3.37. The van der Waals surface area contributed by atoms with Crippen LogP contribution in [-0.2, 0) is 14.6 Å². The van der Waals surface area contributed by atoms with Gasteiger partial charge in [-0.05, 0) is 19.3 Å². The summed E-state index contributed by atoms with van der Waals surface area (Å²) < 4.78 is 24.9. The molecular formula is C17H23N5O3S. The number of amides is 1. The van der Waals surface area contributed by atoms with Crippen LogP contribution >= 0.6 is 0 Å². The van der Waals surface area contributed by atoms with E-state index in [1.807, 2.05) is 6.92 Å². The monoisotopic (exact) mass is 377 g/mol. The summed E-state index contributed by atoms with van der Waals surface area (Å²) in [4.78, 5) is 21.2. The lowest BCUT2D eigenvalue weighted by Gasteiger charge is -2.20. The van der Waals surface area contributed by atoms with Crippen LogP contribution in [-0.4, -0.2) is 40.3 Å². The number of carbonyl (C=O) groups is 1. The predicted octanol–water partition coefficient (Wildman–Crippen LogP) is 2.15. The molecule has 0 aliphatic heterocycles. The van der Waals surface area contributed by atoms with E-state index in [4.69, 9.17) is 0 Å². The van der Waals surface area contributed by atoms with Gasteiger partial charge in [0, 0.05) is 12.5 Å². The smallest absolute Gasteiger partial charge is 0.250 e. The minimum absolute atomic E-state index is 0.108. The third kappa shape index (κ3) is 4.46. The van der Waals surface area contributed by atoms with Gasteiger partial charge in [0.1, 0.15) is 10.9 Å². The first kappa shape index (κ1) is 18.5. The Morgan fingerprint density at radius 1 is 1.27 bits per heavy atom. The molecule has 140 valence electrons. The third-order valence-electron chi connectivity index (χ3n) is 4.69. The van der Waals surface area contributed by atoms with Gasteiger partial charge in [-0.2, -0.15) is 5.10 Å². The molecule has 1 atom stereocenters. The van der Waals surface area contributed by atoms with Crippen molar-refractivity contribution in [1.29, 1.82) is 0 Å². The van der Waals surface area contributed by atoms with E-state index < -0.39 is 15.9 Å². The van der Waals surface area contributed by atoms with Gasteiger partial charge in [0.2, 0.25) is 5.91 Å². The van der Waals surface area contributed by atoms with Gasteiger partial charge in [0.05, 0.1) is 24.3 Å². The number of hydrogen-bond acceptors (Lipinski definition) is 6. The average Bonchev–Trinajstić information content (AvgIpc) is 3.25. The lowest BCUT2D eigenvalue weighted by atomic mass is 9.98. The topological polar surface area (TPSA) is 107 Å². The molecule has 2 aromatic rings. The zero-order valence-corrected chi connectivity index (χ0v) is 15.7. The van der Waals surface area contributed by atoms with Crippen LogP contribution in [0.4, 0.5) is 5.82 Å². The molecule has 1 aliphatic rings. The highest BCUT2D eigenvalue weighted by molar-refractivity contribution is 7.90. The van der Waals surface area contributed by atoms with E-state index in [1.165, 1.54) is 23.3 Å². The highest BCUT2D eigenvalue weighted by atomic mass is 32.2. The molecule has 0 saturated heterocycles. The van der Waals surface area contributed by atoms with E-state index in [2.05, 4.69) is 20.4 Å². The summed E-state index contributed by atoms with van der Waals surface area (Å²) in [5.41, 5.74) is 0.760. The lowest BCUT2D eigenvalue weighted by molar-refractivity contribution is -0.120. The summed E-state index contributed by atoms with van der Waals surface area (Å²) in [5, 5.41) is 6.91. The SMILES string of the molecule is Cc1cnc(NC(=O)C(CC2CCCC2)n2cc(S(C)(=O)=O)cn2)cn1. The zero-order valence-electron chi connectivity index (χ0n) is 14.9. The number of sulfone groups is 1. The molecule has 2 aromatic heterocycles. The van der Waals surface area contributed by atoms with Crippen LogP contribution in [0, 0.1) is 12.8 Å². The maximum Gasteiger partial charge on any atom is 0.250 e. The summed E-state index contributed by atoms with van der Waals surface area (Å²) in [6, 6.07) is -0.586.